The highest BCUT2D eigenvalue weighted by atomic mass is 19.1. The highest BCUT2D eigenvalue weighted by Crippen LogP contribution is 2.16. The van der Waals surface area contributed by atoms with Crippen molar-refractivity contribution in [1.82, 2.24) is 0 Å². The molecule has 1 rings (SSSR count). The zero-order valence-corrected chi connectivity index (χ0v) is 6.17. The van der Waals surface area contributed by atoms with E-state index in [-0.39, 0.29) is 5.69 Å². The molecule has 0 bridgehead atoms. The second-order valence-electron chi connectivity index (χ2n) is 2.23. The number of benzene rings is 1. The minimum atomic E-state index is -0.807. The van der Waals surface area contributed by atoms with Crippen LogP contribution >= 0.6 is 0 Å². The second kappa shape index (κ2) is 3.08. The van der Waals surface area contributed by atoms with Crippen molar-refractivity contribution in [3.63, 3.8) is 0 Å². The lowest BCUT2D eigenvalue weighted by Gasteiger charge is -2.02. The van der Waals surface area contributed by atoms with E-state index in [0.717, 1.165) is 6.07 Å². The fourth-order valence-corrected chi connectivity index (χ4v) is 0.765. The fraction of sp³-hybridized carbons (Fsp3) is 0. The number of primary amides is 1. The Bertz CT molecular complexity index is 314. The Balaban J connectivity index is 2.93. The average Bonchev–Trinajstić information content (AvgIpc) is 1.94. The molecule has 0 unspecified atom stereocenters. The van der Waals surface area contributed by atoms with Crippen LogP contribution in [0.25, 0.3) is 0 Å². The van der Waals surface area contributed by atoms with Gasteiger partial charge in [-0.05, 0) is 18.2 Å². The standard InChI is InChI=1S/C7H8FN3O/c8-5-3-4(9)1-2-6(5)11-7(10)12/h1-3H,9H2,(H3,10,11,12). The number of rotatable bonds is 1. The van der Waals surface area contributed by atoms with Crippen LogP contribution in [0.15, 0.2) is 18.2 Å². The van der Waals surface area contributed by atoms with Crippen LogP contribution in [0.2, 0.25) is 0 Å². The summed E-state index contributed by atoms with van der Waals surface area (Å²) in [5, 5.41) is 2.11. The summed E-state index contributed by atoms with van der Waals surface area (Å²) in [6, 6.07) is 3.10. The summed E-state index contributed by atoms with van der Waals surface area (Å²) in [6.45, 7) is 0. The molecule has 0 atom stereocenters. The molecular weight excluding hydrogens is 161 g/mol. The molecule has 64 valence electrons. The van der Waals surface area contributed by atoms with Gasteiger partial charge in [-0.15, -0.1) is 0 Å². The average molecular weight is 169 g/mol. The highest BCUT2D eigenvalue weighted by molar-refractivity contribution is 5.88. The Morgan fingerprint density at radius 3 is 2.67 bits per heavy atom. The minimum Gasteiger partial charge on any atom is -0.399 e. The van der Waals surface area contributed by atoms with Crippen LogP contribution < -0.4 is 16.8 Å². The number of amides is 2. The topological polar surface area (TPSA) is 81.1 Å². The van der Waals surface area contributed by atoms with E-state index < -0.39 is 11.8 Å². The first kappa shape index (κ1) is 8.32. The van der Waals surface area contributed by atoms with E-state index in [1.54, 1.807) is 0 Å². The first-order chi connectivity index (χ1) is 5.59. The first-order valence-corrected chi connectivity index (χ1v) is 3.21. The van der Waals surface area contributed by atoms with Crippen molar-refractivity contribution in [2.75, 3.05) is 11.1 Å². The molecule has 0 spiro atoms. The predicted molar refractivity (Wildman–Crippen MR) is 44.0 cm³/mol. The molecule has 0 fully saturated rings. The van der Waals surface area contributed by atoms with Crippen molar-refractivity contribution < 1.29 is 9.18 Å². The Hall–Kier alpha value is -1.78. The van der Waals surface area contributed by atoms with E-state index in [0.29, 0.717) is 5.69 Å². The number of urea groups is 1. The molecule has 0 aromatic heterocycles. The van der Waals surface area contributed by atoms with Gasteiger partial charge in [-0.2, -0.15) is 0 Å². The largest absolute Gasteiger partial charge is 0.399 e. The molecule has 5 heteroatoms. The lowest BCUT2D eigenvalue weighted by atomic mass is 10.3. The van der Waals surface area contributed by atoms with E-state index in [1.807, 2.05) is 0 Å². The second-order valence-corrected chi connectivity index (χ2v) is 2.23. The molecule has 5 N–H and O–H groups in total. The SMILES string of the molecule is NC(=O)Nc1ccc(N)cc1F. The van der Waals surface area contributed by atoms with Crippen molar-refractivity contribution in [1.29, 1.82) is 0 Å². The third-order valence-electron chi connectivity index (χ3n) is 1.25. The molecule has 0 radical (unpaired) electrons. The molecule has 4 nitrogen and oxygen atoms in total. The number of nitrogens with two attached hydrogens (primary N) is 2. The molecule has 12 heavy (non-hydrogen) atoms. The molecule has 2 amide bonds. The molecule has 0 aliphatic heterocycles. The van der Waals surface area contributed by atoms with Crippen molar-refractivity contribution in [2.45, 2.75) is 0 Å². The van der Waals surface area contributed by atoms with Gasteiger partial charge in [-0.1, -0.05) is 0 Å². The zero-order valence-electron chi connectivity index (χ0n) is 6.17. The van der Waals surface area contributed by atoms with Gasteiger partial charge in [0.15, 0.2) is 0 Å². The van der Waals surface area contributed by atoms with Gasteiger partial charge in [0.1, 0.15) is 5.82 Å². The van der Waals surface area contributed by atoms with E-state index >= 15 is 0 Å². The quantitative estimate of drug-likeness (QED) is 0.546. The van der Waals surface area contributed by atoms with Crippen LogP contribution in [0.1, 0.15) is 0 Å². The van der Waals surface area contributed by atoms with E-state index in [1.165, 1.54) is 12.1 Å². The van der Waals surface area contributed by atoms with Gasteiger partial charge in [0, 0.05) is 5.69 Å². The van der Waals surface area contributed by atoms with E-state index in [2.05, 4.69) is 5.32 Å². The lowest BCUT2D eigenvalue weighted by Crippen LogP contribution is -2.20. The molecule has 0 aliphatic carbocycles. The molecule has 0 saturated carbocycles. The summed E-state index contributed by atoms with van der Waals surface area (Å²) in [7, 11) is 0. The first-order valence-electron chi connectivity index (χ1n) is 3.21. The minimum absolute atomic E-state index is 0.0247. The summed E-state index contributed by atoms with van der Waals surface area (Å²) in [6.07, 6.45) is 0. The van der Waals surface area contributed by atoms with Crippen LogP contribution in [0, 0.1) is 5.82 Å². The van der Waals surface area contributed by atoms with Gasteiger partial charge in [-0.3, -0.25) is 0 Å². The number of carbonyl (C=O) groups excluding carboxylic acids is 1. The maximum Gasteiger partial charge on any atom is 0.316 e. The Morgan fingerprint density at radius 1 is 1.50 bits per heavy atom. The molecule has 1 aromatic carbocycles. The van der Waals surface area contributed by atoms with Crippen molar-refractivity contribution in [3.05, 3.63) is 24.0 Å². The summed E-state index contributed by atoms with van der Waals surface area (Å²) in [5.41, 5.74) is 10.4. The van der Waals surface area contributed by atoms with Crippen LogP contribution in [-0.4, -0.2) is 6.03 Å². The Morgan fingerprint density at radius 2 is 2.17 bits per heavy atom. The third-order valence-corrected chi connectivity index (χ3v) is 1.25. The Kier molecular flexibility index (Phi) is 2.14. The van der Waals surface area contributed by atoms with Gasteiger partial charge in [-0.25, -0.2) is 9.18 Å². The van der Waals surface area contributed by atoms with Gasteiger partial charge >= 0.3 is 6.03 Å². The Labute approximate surface area is 68.4 Å². The number of hydrogen-bond donors (Lipinski definition) is 3. The zero-order chi connectivity index (χ0) is 9.14. The maximum absolute atomic E-state index is 12.9. The number of nitrogens with one attached hydrogen (secondary N) is 1. The van der Waals surface area contributed by atoms with Crippen molar-refractivity contribution in [3.8, 4) is 0 Å². The lowest BCUT2D eigenvalue weighted by molar-refractivity contribution is 0.259. The third kappa shape index (κ3) is 1.85. The van der Waals surface area contributed by atoms with Gasteiger partial charge in [0.25, 0.3) is 0 Å². The van der Waals surface area contributed by atoms with Gasteiger partial charge in [0.2, 0.25) is 0 Å². The molecule has 1 aromatic rings. The fourth-order valence-electron chi connectivity index (χ4n) is 0.765. The molecule has 0 aliphatic rings. The molecule has 0 heterocycles. The van der Waals surface area contributed by atoms with Crippen LogP contribution in [-0.2, 0) is 0 Å². The number of carbonyl (C=O) groups is 1. The number of anilines is 2. The van der Waals surface area contributed by atoms with Gasteiger partial charge in [0.05, 0.1) is 5.69 Å². The van der Waals surface area contributed by atoms with Crippen LogP contribution in [0.3, 0.4) is 0 Å². The number of nitrogen functional groups attached to an aromatic ring is 1. The van der Waals surface area contributed by atoms with Gasteiger partial charge < -0.3 is 16.8 Å². The smallest absolute Gasteiger partial charge is 0.316 e. The van der Waals surface area contributed by atoms with Crippen LogP contribution in [0.5, 0.6) is 0 Å². The predicted octanol–water partition coefficient (Wildman–Crippen LogP) is 0.899. The van der Waals surface area contributed by atoms with Crippen molar-refractivity contribution >= 4 is 17.4 Å². The van der Waals surface area contributed by atoms with Crippen LogP contribution in [0.4, 0.5) is 20.6 Å². The number of hydrogen-bond acceptors (Lipinski definition) is 2. The number of halogens is 1. The summed E-state index contributed by atoms with van der Waals surface area (Å²) in [5.74, 6) is -0.603. The van der Waals surface area contributed by atoms with E-state index in [4.69, 9.17) is 11.5 Å². The summed E-state index contributed by atoms with van der Waals surface area (Å²) >= 11 is 0. The molecule has 0 saturated heterocycles. The van der Waals surface area contributed by atoms with E-state index in [9.17, 15) is 9.18 Å². The highest BCUT2D eigenvalue weighted by Gasteiger charge is 2.02. The van der Waals surface area contributed by atoms with Crippen molar-refractivity contribution in [2.24, 2.45) is 5.73 Å². The maximum atomic E-state index is 12.9. The monoisotopic (exact) mass is 169 g/mol. The normalized spacial score (nSPS) is 9.42. The molecular formula is C7H8FN3O. The summed E-state index contributed by atoms with van der Waals surface area (Å²) < 4.78 is 12.9. The summed E-state index contributed by atoms with van der Waals surface area (Å²) in [4.78, 5) is 10.3.